The average molecular weight is 387 g/mol. The number of likely N-dealkylation sites (tertiary alicyclic amines) is 1. The third-order valence-corrected chi connectivity index (χ3v) is 7.09. The smallest absolute Gasteiger partial charge is 0.235 e. The van der Waals surface area contributed by atoms with E-state index in [9.17, 15) is 18.0 Å². The standard InChI is InChI=1S/C21H20F3N3O/c1-20(2)13-6-7-21(20,19(28)27-9-11(22)10-27)18-12(13)8-16(25-26-18)17-14(23)4-3-5-15(17)24/h3-5,8,11,13H,6-7,9-10H2,1-2H3. The fourth-order valence-corrected chi connectivity index (χ4v) is 5.52. The summed E-state index contributed by atoms with van der Waals surface area (Å²) >= 11 is 0. The van der Waals surface area contributed by atoms with Crippen LogP contribution in [-0.4, -0.2) is 40.3 Å². The predicted molar refractivity (Wildman–Crippen MR) is 96.3 cm³/mol. The summed E-state index contributed by atoms with van der Waals surface area (Å²) in [7, 11) is 0. The number of alkyl halides is 1. The lowest BCUT2D eigenvalue weighted by atomic mass is 9.67. The van der Waals surface area contributed by atoms with Crippen LogP contribution in [0.15, 0.2) is 24.3 Å². The fraction of sp³-hybridized carbons (Fsp3) is 0.476. The molecule has 1 aromatic heterocycles. The van der Waals surface area contributed by atoms with Crippen LogP contribution < -0.4 is 0 Å². The summed E-state index contributed by atoms with van der Waals surface area (Å²) in [6.45, 7) is 4.28. The molecule has 2 aliphatic carbocycles. The summed E-state index contributed by atoms with van der Waals surface area (Å²) in [5, 5.41) is 8.42. The molecule has 146 valence electrons. The highest BCUT2D eigenvalue weighted by atomic mass is 19.1. The lowest BCUT2D eigenvalue weighted by Gasteiger charge is -2.44. The van der Waals surface area contributed by atoms with Gasteiger partial charge in [-0.2, -0.15) is 5.10 Å². The largest absolute Gasteiger partial charge is 0.336 e. The molecule has 2 bridgehead atoms. The number of benzene rings is 1. The Balaban J connectivity index is 1.64. The van der Waals surface area contributed by atoms with Crippen LogP contribution in [0.3, 0.4) is 0 Å². The first kappa shape index (κ1) is 17.6. The Morgan fingerprint density at radius 3 is 2.50 bits per heavy atom. The van der Waals surface area contributed by atoms with Crippen molar-refractivity contribution in [2.45, 2.75) is 44.2 Å². The van der Waals surface area contributed by atoms with Crippen LogP contribution in [0, 0.1) is 17.0 Å². The lowest BCUT2D eigenvalue weighted by molar-refractivity contribution is -0.148. The highest BCUT2D eigenvalue weighted by molar-refractivity contribution is 5.92. The molecule has 7 heteroatoms. The molecule has 1 saturated heterocycles. The molecule has 1 aromatic carbocycles. The van der Waals surface area contributed by atoms with Gasteiger partial charge in [0.2, 0.25) is 5.91 Å². The molecule has 28 heavy (non-hydrogen) atoms. The van der Waals surface area contributed by atoms with Gasteiger partial charge in [-0.3, -0.25) is 4.79 Å². The molecule has 2 heterocycles. The highest BCUT2D eigenvalue weighted by Gasteiger charge is 2.68. The highest BCUT2D eigenvalue weighted by Crippen LogP contribution is 2.68. The van der Waals surface area contributed by atoms with Gasteiger partial charge in [0, 0.05) is 0 Å². The second-order valence-corrected chi connectivity index (χ2v) is 8.66. The van der Waals surface area contributed by atoms with Gasteiger partial charge < -0.3 is 4.90 Å². The lowest BCUT2D eigenvalue weighted by Crippen LogP contribution is -2.60. The van der Waals surface area contributed by atoms with Crippen LogP contribution in [0.4, 0.5) is 13.2 Å². The number of rotatable bonds is 2. The molecule has 1 aliphatic heterocycles. The number of nitrogens with zero attached hydrogens (tertiary/aromatic N) is 3. The number of aromatic nitrogens is 2. The van der Waals surface area contributed by atoms with Crippen LogP contribution in [0.1, 0.15) is 43.9 Å². The van der Waals surface area contributed by atoms with Crippen LogP contribution in [0.2, 0.25) is 0 Å². The quantitative estimate of drug-likeness (QED) is 0.788. The van der Waals surface area contributed by atoms with E-state index in [2.05, 4.69) is 10.2 Å². The van der Waals surface area contributed by atoms with Crippen molar-refractivity contribution in [2.75, 3.05) is 13.1 Å². The Morgan fingerprint density at radius 2 is 1.86 bits per heavy atom. The van der Waals surface area contributed by atoms with Crippen molar-refractivity contribution >= 4 is 5.91 Å². The number of hydrogen-bond donors (Lipinski definition) is 0. The fourth-order valence-electron chi connectivity index (χ4n) is 5.52. The molecule has 2 fully saturated rings. The number of fused-ring (bicyclic) bond motifs is 5. The molecule has 2 unspecified atom stereocenters. The van der Waals surface area contributed by atoms with E-state index in [0.717, 1.165) is 12.0 Å². The second-order valence-electron chi connectivity index (χ2n) is 8.66. The minimum absolute atomic E-state index is 0.0398. The van der Waals surface area contributed by atoms with Gasteiger partial charge in [0.05, 0.1) is 35.5 Å². The van der Waals surface area contributed by atoms with Gasteiger partial charge in [-0.1, -0.05) is 19.9 Å². The van der Waals surface area contributed by atoms with Crippen LogP contribution in [0.5, 0.6) is 0 Å². The Bertz CT molecular complexity index is 982. The van der Waals surface area contributed by atoms with Gasteiger partial charge in [0.1, 0.15) is 17.8 Å². The molecule has 4 nitrogen and oxygen atoms in total. The Hall–Kier alpha value is -2.44. The minimum atomic E-state index is -0.973. The summed E-state index contributed by atoms with van der Waals surface area (Å²) in [6.07, 6.45) is 0.439. The third kappa shape index (κ3) is 1.99. The molecule has 1 saturated carbocycles. The molecule has 1 amide bonds. The summed E-state index contributed by atoms with van der Waals surface area (Å²) < 4.78 is 41.8. The van der Waals surface area contributed by atoms with Crippen molar-refractivity contribution in [2.24, 2.45) is 5.41 Å². The Labute approximate surface area is 160 Å². The monoisotopic (exact) mass is 387 g/mol. The first-order valence-electron chi connectivity index (χ1n) is 9.53. The summed E-state index contributed by atoms with van der Waals surface area (Å²) in [6, 6.07) is 5.36. The summed E-state index contributed by atoms with van der Waals surface area (Å²) in [5.74, 6) is -1.46. The van der Waals surface area contributed by atoms with E-state index in [0.29, 0.717) is 12.1 Å². The van der Waals surface area contributed by atoms with Crippen LogP contribution in [0.25, 0.3) is 11.3 Å². The predicted octanol–water partition coefficient (Wildman–Crippen LogP) is 3.76. The molecule has 0 N–H and O–H groups in total. The molecule has 3 aliphatic rings. The Morgan fingerprint density at radius 1 is 1.18 bits per heavy atom. The molecule has 5 rings (SSSR count). The van der Waals surface area contributed by atoms with E-state index in [1.165, 1.54) is 18.2 Å². The Kier molecular flexibility index (Phi) is 3.50. The van der Waals surface area contributed by atoms with Crippen molar-refractivity contribution < 1.29 is 18.0 Å². The molecular weight excluding hydrogens is 367 g/mol. The van der Waals surface area contributed by atoms with Crippen molar-refractivity contribution in [1.82, 2.24) is 15.1 Å². The van der Waals surface area contributed by atoms with Gasteiger partial charge in [0.25, 0.3) is 0 Å². The van der Waals surface area contributed by atoms with Gasteiger partial charge in [-0.15, -0.1) is 5.10 Å². The molecule has 2 atom stereocenters. The first-order valence-corrected chi connectivity index (χ1v) is 9.53. The van der Waals surface area contributed by atoms with E-state index in [1.54, 1.807) is 11.0 Å². The van der Waals surface area contributed by atoms with Crippen molar-refractivity contribution in [3.63, 3.8) is 0 Å². The van der Waals surface area contributed by atoms with Crippen molar-refractivity contribution in [1.29, 1.82) is 0 Å². The number of hydrogen-bond acceptors (Lipinski definition) is 3. The van der Waals surface area contributed by atoms with Gasteiger partial charge in [-0.05, 0) is 47.9 Å². The SMILES string of the molecule is CC1(C)C2CCC1(C(=O)N1CC(F)C1)c1nnc(-c3c(F)cccc3F)cc12. The zero-order valence-electron chi connectivity index (χ0n) is 15.7. The summed E-state index contributed by atoms with van der Waals surface area (Å²) in [4.78, 5) is 14.9. The maximum atomic E-state index is 14.2. The average Bonchev–Trinajstić information content (AvgIpc) is 3.00. The maximum absolute atomic E-state index is 14.2. The van der Waals surface area contributed by atoms with Gasteiger partial charge >= 0.3 is 0 Å². The van der Waals surface area contributed by atoms with E-state index < -0.39 is 28.6 Å². The molecule has 0 spiro atoms. The van der Waals surface area contributed by atoms with Crippen molar-refractivity contribution in [3.8, 4) is 11.3 Å². The third-order valence-electron chi connectivity index (χ3n) is 7.09. The number of amides is 1. The van der Waals surface area contributed by atoms with Gasteiger partial charge in [0.15, 0.2) is 0 Å². The summed E-state index contributed by atoms with van der Waals surface area (Å²) in [5.41, 5.74) is 0.0624. The molecule has 2 aromatic rings. The second kappa shape index (κ2) is 5.55. The number of halogens is 3. The topological polar surface area (TPSA) is 46.1 Å². The number of carbonyl (C=O) groups excluding carboxylic acids is 1. The van der Waals surface area contributed by atoms with E-state index in [-0.39, 0.29) is 36.2 Å². The first-order chi connectivity index (χ1) is 13.3. The van der Waals surface area contributed by atoms with Crippen LogP contribution >= 0.6 is 0 Å². The molecular formula is C21H20F3N3O. The molecule has 0 radical (unpaired) electrons. The zero-order chi connectivity index (χ0) is 19.8. The van der Waals surface area contributed by atoms with E-state index in [1.807, 2.05) is 13.8 Å². The van der Waals surface area contributed by atoms with Crippen LogP contribution in [-0.2, 0) is 10.2 Å². The number of carbonyl (C=O) groups is 1. The van der Waals surface area contributed by atoms with Crippen molar-refractivity contribution in [3.05, 3.63) is 47.2 Å². The van der Waals surface area contributed by atoms with Gasteiger partial charge in [-0.25, -0.2) is 13.2 Å². The zero-order valence-corrected chi connectivity index (χ0v) is 15.7. The van der Waals surface area contributed by atoms with E-state index in [4.69, 9.17) is 0 Å². The minimum Gasteiger partial charge on any atom is -0.336 e. The maximum Gasteiger partial charge on any atom is 0.235 e. The van der Waals surface area contributed by atoms with E-state index >= 15 is 0 Å². The normalized spacial score (nSPS) is 27.6.